The first kappa shape index (κ1) is 28.8. The Kier molecular flexibility index (Phi) is 9.37. The summed E-state index contributed by atoms with van der Waals surface area (Å²) in [5.74, 6) is -4.13. The van der Waals surface area contributed by atoms with Crippen molar-refractivity contribution in [1.82, 2.24) is 20.2 Å². The van der Waals surface area contributed by atoms with Crippen molar-refractivity contribution >= 4 is 34.6 Å². The molecule has 0 aliphatic rings. The van der Waals surface area contributed by atoms with E-state index in [0.29, 0.717) is 11.1 Å². The molecule has 0 radical (unpaired) electrons. The topological polar surface area (TPSA) is 193 Å². The van der Waals surface area contributed by atoms with E-state index in [1.165, 1.54) is 6.07 Å². The van der Waals surface area contributed by atoms with Crippen molar-refractivity contribution in [2.45, 2.75) is 51.2 Å². The summed E-state index contributed by atoms with van der Waals surface area (Å²) in [5, 5.41) is 14.4. The fourth-order valence-electron chi connectivity index (χ4n) is 4.24. The minimum absolute atomic E-state index is 0.0382. The number of amides is 3. The molecular weight excluding hydrogens is 506 g/mol. The van der Waals surface area contributed by atoms with Crippen LogP contribution in [0.3, 0.4) is 0 Å². The van der Waals surface area contributed by atoms with Gasteiger partial charge in [-0.25, -0.2) is 14.2 Å². The number of benzene rings is 2. The van der Waals surface area contributed by atoms with Crippen LogP contribution in [0.2, 0.25) is 0 Å². The van der Waals surface area contributed by atoms with Crippen molar-refractivity contribution in [3.8, 4) is 0 Å². The van der Waals surface area contributed by atoms with E-state index < -0.39 is 59.5 Å². The van der Waals surface area contributed by atoms with Gasteiger partial charge in [-0.1, -0.05) is 56.3 Å². The van der Waals surface area contributed by atoms with Crippen LogP contribution in [0.15, 0.2) is 64.2 Å². The molecule has 3 atom stereocenters. The van der Waals surface area contributed by atoms with Crippen LogP contribution in [0.4, 0.5) is 0 Å². The van der Waals surface area contributed by atoms with Crippen molar-refractivity contribution in [1.29, 1.82) is 0 Å². The number of aromatic nitrogens is 2. The Morgan fingerprint density at radius 1 is 0.923 bits per heavy atom. The molecule has 2 aromatic carbocycles. The molecule has 0 fully saturated rings. The quantitative estimate of drug-likeness (QED) is 0.221. The number of primary amides is 1. The molecule has 1 aromatic heterocycles. The lowest BCUT2D eigenvalue weighted by Crippen LogP contribution is -2.55. The lowest BCUT2D eigenvalue weighted by molar-refractivity contribution is -0.143. The number of carbonyl (C=O) groups excluding carboxylic acids is 3. The molecule has 0 aliphatic carbocycles. The van der Waals surface area contributed by atoms with Gasteiger partial charge >= 0.3 is 11.7 Å². The van der Waals surface area contributed by atoms with Crippen molar-refractivity contribution in [2.75, 3.05) is 0 Å². The third kappa shape index (κ3) is 7.40. The predicted octanol–water partition coefficient (Wildman–Crippen LogP) is 0.449. The molecule has 39 heavy (non-hydrogen) atoms. The highest BCUT2D eigenvalue weighted by molar-refractivity contribution is 5.93. The van der Waals surface area contributed by atoms with Crippen LogP contribution < -0.4 is 27.6 Å². The molecule has 0 bridgehead atoms. The lowest BCUT2D eigenvalue weighted by atomic mass is 10.0. The number of para-hydroxylation sites is 1. The third-order valence-electron chi connectivity index (χ3n) is 6.08. The minimum Gasteiger partial charge on any atom is -0.480 e. The summed E-state index contributed by atoms with van der Waals surface area (Å²) in [5.41, 5.74) is 4.60. The summed E-state index contributed by atoms with van der Waals surface area (Å²) < 4.78 is 0.822. The lowest BCUT2D eigenvalue weighted by Gasteiger charge is -2.25. The molecule has 206 valence electrons. The number of nitrogens with zero attached hydrogens (tertiary/aromatic N) is 1. The summed E-state index contributed by atoms with van der Waals surface area (Å²) in [6.07, 6.45) is -0.563. The van der Waals surface area contributed by atoms with Crippen molar-refractivity contribution in [3.63, 3.8) is 0 Å². The molecule has 3 rings (SSSR count). The molecular formula is C27H31N5O7. The molecule has 0 unspecified atom stereocenters. The SMILES string of the molecule is CC(C)C[C@H](NC(=O)[C@H](Cc1ccccc1)n1c(=O)[nH]c2ccccc2c1=O)C(=O)N[C@H](CC(N)=O)C(=O)O. The Hall–Kier alpha value is -4.74. The highest BCUT2D eigenvalue weighted by Gasteiger charge is 2.32. The first-order valence-corrected chi connectivity index (χ1v) is 12.4. The molecule has 0 saturated heterocycles. The van der Waals surface area contributed by atoms with Crippen LogP contribution in [-0.4, -0.2) is 50.4 Å². The summed E-state index contributed by atoms with van der Waals surface area (Å²) in [4.78, 5) is 78.6. The number of fused-ring (bicyclic) bond motifs is 1. The largest absolute Gasteiger partial charge is 0.480 e. The number of nitrogens with one attached hydrogen (secondary N) is 3. The maximum absolute atomic E-state index is 13.7. The fraction of sp³-hybridized carbons (Fsp3) is 0.333. The minimum atomic E-state index is -1.59. The third-order valence-corrected chi connectivity index (χ3v) is 6.08. The van der Waals surface area contributed by atoms with E-state index in [1.54, 1.807) is 62.4 Å². The van der Waals surface area contributed by atoms with Gasteiger partial charge in [-0.15, -0.1) is 0 Å². The van der Waals surface area contributed by atoms with E-state index in [0.717, 1.165) is 4.57 Å². The highest BCUT2D eigenvalue weighted by Crippen LogP contribution is 2.15. The standard InChI is InChI=1S/C27H31N5O7/c1-15(2)12-19(23(34)30-20(26(37)38)14-22(28)33)29-24(35)21(13-16-8-4-3-5-9-16)32-25(36)17-10-6-7-11-18(17)31-27(32)39/h3-11,15,19-21H,12-14H2,1-2H3,(H2,28,33)(H,29,35)(H,30,34)(H,31,39)(H,37,38)/t19-,20+,21-/m0/s1. The van der Waals surface area contributed by atoms with E-state index in [4.69, 9.17) is 5.73 Å². The zero-order valence-corrected chi connectivity index (χ0v) is 21.5. The van der Waals surface area contributed by atoms with Gasteiger partial charge < -0.3 is 26.5 Å². The molecule has 0 saturated carbocycles. The average molecular weight is 538 g/mol. The zero-order valence-electron chi connectivity index (χ0n) is 21.5. The summed E-state index contributed by atoms with van der Waals surface area (Å²) in [6, 6.07) is 11.0. The number of aliphatic carboxylic acids is 1. The summed E-state index contributed by atoms with van der Waals surface area (Å²) >= 11 is 0. The molecule has 12 nitrogen and oxygen atoms in total. The number of hydrogen-bond donors (Lipinski definition) is 5. The molecule has 0 spiro atoms. The van der Waals surface area contributed by atoms with Gasteiger partial charge in [0.05, 0.1) is 17.3 Å². The normalized spacial score (nSPS) is 13.4. The van der Waals surface area contributed by atoms with Gasteiger partial charge in [0.15, 0.2) is 0 Å². The Balaban J connectivity index is 2.01. The second-order valence-corrected chi connectivity index (χ2v) is 9.62. The number of carboxylic acid groups (broad SMARTS) is 1. The van der Waals surface area contributed by atoms with Gasteiger partial charge in [-0.2, -0.15) is 0 Å². The van der Waals surface area contributed by atoms with E-state index >= 15 is 0 Å². The predicted molar refractivity (Wildman–Crippen MR) is 143 cm³/mol. The van der Waals surface area contributed by atoms with Gasteiger partial charge in [0, 0.05) is 6.42 Å². The van der Waals surface area contributed by atoms with Gasteiger partial charge in [-0.3, -0.25) is 19.2 Å². The number of carboxylic acids is 1. The molecule has 1 heterocycles. The second kappa shape index (κ2) is 12.7. The van der Waals surface area contributed by atoms with Crippen molar-refractivity contribution < 1.29 is 24.3 Å². The van der Waals surface area contributed by atoms with E-state index in [1.807, 2.05) is 0 Å². The maximum atomic E-state index is 13.7. The van der Waals surface area contributed by atoms with E-state index in [9.17, 15) is 33.9 Å². The monoisotopic (exact) mass is 537 g/mol. The number of rotatable bonds is 12. The highest BCUT2D eigenvalue weighted by atomic mass is 16.4. The number of nitrogens with two attached hydrogens (primary N) is 1. The van der Waals surface area contributed by atoms with E-state index in [-0.39, 0.29) is 24.1 Å². The Bertz CT molecular complexity index is 1480. The number of H-pyrrole nitrogens is 1. The zero-order chi connectivity index (χ0) is 28.7. The molecule has 3 amide bonds. The molecule has 0 aliphatic heterocycles. The van der Waals surface area contributed by atoms with Crippen LogP contribution in [0.25, 0.3) is 10.9 Å². The van der Waals surface area contributed by atoms with Crippen LogP contribution in [0, 0.1) is 5.92 Å². The maximum Gasteiger partial charge on any atom is 0.329 e. The fourth-order valence-corrected chi connectivity index (χ4v) is 4.24. The second-order valence-electron chi connectivity index (χ2n) is 9.62. The Morgan fingerprint density at radius 2 is 1.54 bits per heavy atom. The van der Waals surface area contributed by atoms with E-state index in [2.05, 4.69) is 15.6 Å². The number of hydrogen-bond acceptors (Lipinski definition) is 6. The van der Waals surface area contributed by atoms with Gasteiger partial charge in [0.2, 0.25) is 17.7 Å². The first-order chi connectivity index (χ1) is 18.5. The van der Waals surface area contributed by atoms with Crippen LogP contribution >= 0.6 is 0 Å². The molecule has 6 N–H and O–H groups in total. The van der Waals surface area contributed by atoms with Gasteiger partial charge in [-0.05, 0) is 30.0 Å². The van der Waals surface area contributed by atoms with Gasteiger partial charge in [0.25, 0.3) is 5.56 Å². The number of aromatic amines is 1. The van der Waals surface area contributed by atoms with Crippen LogP contribution in [0.1, 0.15) is 38.3 Å². The van der Waals surface area contributed by atoms with Crippen LogP contribution in [0.5, 0.6) is 0 Å². The average Bonchev–Trinajstić information content (AvgIpc) is 2.87. The Morgan fingerprint density at radius 3 is 2.15 bits per heavy atom. The molecule has 12 heteroatoms. The van der Waals surface area contributed by atoms with Crippen LogP contribution in [-0.2, 0) is 25.6 Å². The molecule has 3 aromatic rings. The van der Waals surface area contributed by atoms with Crippen molar-refractivity contribution in [3.05, 3.63) is 81.0 Å². The van der Waals surface area contributed by atoms with Crippen molar-refractivity contribution in [2.24, 2.45) is 11.7 Å². The summed E-state index contributed by atoms with van der Waals surface area (Å²) in [7, 11) is 0. The first-order valence-electron chi connectivity index (χ1n) is 12.4. The Labute approximate surface area is 223 Å². The smallest absolute Gasteiger partial charge is 0.329 e. The van der Waals surface area contributed by atoms with Gasteiger partial charge in [0.1, 0.15) is 18.1 Å². The number of carbonyl (C=O) groups is 4. The summed E-state index contributed by atoms with van der Waals surface area (Å²) in [6.45, 7) is 3.59.